The van der Waals surface area contributed by atoms with Crippen LogP contribution < -0.4 is 11.1 Å². The summed E-state index contributed by atoms with van der Waals surface area (Å²) in [5.41, 5.74) is 7.38. The van der Waals surface area contributed by atoms with Gasteiger partial charge in [-0.05, 0) is 24.1 Å². The summed E-state index contributed by atoms with van der Waals surface area (Å²) in [5.74, 6) is -0.226. The summed E-state index contributed by atoms with van der Waals surface area (Å²) < 4.78 is 0. The van der Waals surface area contributed by atoms with Crippen LogP contribution in [-0.2, 0) is 16.0 Å². The summed E-state index contributed by atoms with van der Waals surface area (Å²) in [7, 11) is 3.17. The minimum atomic E-state index is -0.171. The molecular weight excluding hydrogens is 230 g/mol. The predicted octanol–water partition coefficient (Wildman–Crippen LogP) is 0.406. The zero-order valence-electron chi connectivity index (χ0n) is 10.8. The first-order valence-corrected chi connectivity index (χ1v) is 5.82. The number of aryl methyl sites for hydroxylation is 1. The molecule has 5 nitrogen and oxygen atoms in total. The minimum Gasteiger partial charge on any atom is -0.399 e. The number of hydrogen-bond acceptors (Lipinski definition) is 3. The van der Waals surface area contributed by atoms with Gasteiger partial charge in [-0.1, -0.05) is 12.1 Å². The number of likely N-dealkylation sites (N-methyl/N-ethyl adjacent to an activating group) is 2. The average Bonchev–Trinajstić information content (AvgIpc) is 2.35. The van der Waals surface area contributed by atoms with Gasteiger partial charge in [-0.2, -0.15) is 0 Å². The van der Waals surface area contributed by atoms with E-state index >= 15 is 0 Å². The van der Waals surface area contributed by atoms with Gasteiger partial charge in [-0.25, -0.2) is 0 Å². The van der Waals surface area contributed by atoms with Crippen LogP contribution >= 0.6 is 0 Å². The average molecular weight is 249 g/mol. The van der Waals surface area contributed by atoms with Gasteiger partial charge in [0.25, 0.3) is 0 Å². The smallest absolute Gasteiger partial charge is 0.239 e. The Morgan fingerprint density at radius 3 is 2.72 bits per heavy atom. The molecule has 1 rings (SSSR count). The molecular formula is C13H19N3O2. The van der Waals surface area contributed by atoms with Gasteiger partial charge in [0.15, 0.2) is 0 Å². The Hall–Kier alpha value is -2.04. The Morgan fingerprint density at radius 2 is 2.11 bits per heavy atom. The molecule has 0 unspecified atom stereocenters. The second-order valence-corrected chi connectivity index (χ2v) is 4.17. The third-order valence-electron chi connectivity index (χ3n) is 2.66. The second kappa shape index (κ2) is 6.64. The van der Waals surface area contributed by atoms with Crippen molar-refractivity contribution in [2.24, 2.45) is 0 Å². The number of rotatable bonds is 5. The van der Waals surface area contributed by atoms with E-state index in [0.717, 1.165) is 5.56 Å². The van der Waals surface area contributed by atoms with Crippen molar-refractivity contribution in [2.45, 2.75) is 12.8 Å². The number of nitrogens with one attached hydrogen (secondary N) is 1. The van der Waals surface area contributed by atoms with Gasteiger partial charge < -0.3 is 16.0 Å². The van der Waals surface area contributed by atoms with E-state index < -0.39 is 0 Å². The van der Waals surface area contributed by atoms with Crippen LogP contribution in [0.2, 0.25) is 0 Å². The minimum absolute atomic E-state index is 0.0546. The number of carbonyl (C=O) groups excluding carboxylic acids is 2. The second-order valence-electron chi connectivity index (χ2n) is 4.17. The Labute approximate surface area is 107 Å². The summed E-state index contributed by atoms with van der Waals surface area (Å²) in [5, 5.41) is 2.48. The van der Waals surface area contributed by atoms with E-state index in [1.165, 1.54) is 4.90 Å². The van der Waals surface area contributed by atoms with E-state index in [2.05, 4.69) is 5.32 Å². The van der Waals surface area contributed by atoms with E-state index in [9.17, 15) is 9.59 Å². The molecule has 5 heteroatoms. The third-order valence-corrected chi connectivity index (χ3v) is 2.66. The summed E-state index contributed by atoms with van der Waals surface area (Å²) in [6.07, 6.45) is 0.999. The number of nitrogen functional groups attached to an aromatic ring is 1. The molecule has 0 heterocycles. The van der Waals surface area contributed by atoms with Crippen molar-refractivity contribution in [3.63, 3.8) is 0 Å². The zero-order chi connectivity index (χ0) is 13.5. The number of nitrogens with two attached hydrogens (primary N) is 1. The number of benzene rings is 1. The van der Waals surface area contributed by atoms with E-state index in [1.807, 2.05) is 24.3 Å². The molecule has 0 aromatic heterocycles. The lowest BCUT2D eigenvalue weighted by molar-refractivity contribution is -0.134. The van der Waals surface area contributed by atoms with Gasteiger partial charge >= 0.3 is 0 Å². The first-order valence-electron chi connectivity index (χ1n) is 5.82. The van der Waals surface area contributed by atoms with Crippen LogP contribution in [0.15, 0.2) is 24.3 Å². The monoisotopic (exact) mass is 249 g/mol. The normalized spacial score (nSPS) is 9.89. The van der Waals surface area contributed by atoms with Crippen LogP contribution in [0, 0.1) is 0 Å². The molecule has 0 bridgehead atoms. The van der Waals surface area contributed by atoms with E-state index in [0.29, 0.717) is 18.5 Å². The molecule has 0 aliphatic heterocycles. The number of carbonyl (C=O) groups is 2. The molecule has 1 aromatic carbocycles. The number of hydrogen-bond donors (Lipinski definition) is 2. The Balaban J connectivity index is 2.43. The molecule has 0 saturated heterocycles. The fraction of sp³-hybridized carbons (Fsp3) is 0.385. The first-order chi connectivity index (χ1) is 8.52. The topological polar surface area (TPSA) is 75.4 Å². The lowest BCUT2D eigenvalue weighted by Gasteiger charge is -2.16. The highest BCUT2D eigenvalue weighted by molar-refractivity contribution is 5.84. The lowest BCUT2D eigenvalue weighted by atomic mass is 10.1. The summed E-state index contributed by atoms with van der Waals surface area (Å²) in [6, 6.07) is 7.46. The highest BCUT2D eigenvalue weighted by Crippen LogP contribution is 2.09. The van der Waals surface area contributed by atoms with E-state index in [1.54, 1.807) is 14.1 Å². The number of amides is 2. The van der Waals surface area contributed by atoms with Crippen LogP contribution in [0.4, 0.5) is 5.69 Å². The Bertz CT molecular complexity index is 432. The molecule has 3 N–H and O–H groups in total. The van der Waals surface area contributed by atoms with Crippen molar-refractivity contribution in [2.75, 3.05) is 26.4 Å². The van der Waals surface area contributed by atoms with Gasteiger partial charge in [0, 0.05) is 26.2 Å². The van der Waals surface area contributed by atoms with Crippen LogP contribution in [-0.4, -0.2) is 37.4 Å². The van der Waals surface area contributed by atoms with Gasteiger partial charge in [0.1, 0.15) is 0 Å². The van der Waals surface area contributed by atoms with Crippen molar-refractivity contribution < 1.29 is 9.59 Å². The SMILES string of the molecule is CNC(=O)CN(C)C(=O)CCc1cccc(N)c1. The van der Waals surface area contributed by atoms with Crippen molar-refractivity contribution in [3.8, 4) is 0 Å². The fourth-order valence-corrected chi connectivity index (χ4v) is 1.57. The third kappa shape index (κ3) is 4.45. The maximum Gasteiger partial charge on any atom is 0.239 e. The summed E-state index contributed by atoms with van der Waals surface area (Å²) in [4.78, 5) is 24.3. The zero-order valence-corrected chi connectivity index (χ0v) is 10.8. The maximum atomic E-state index is 11.8. The lowest BCUT2D eigenvalue weighted by Crippen LogP contribution is -2.36. The summed E-state index contributed by atoms with van der Waals surface area (Å²) >= 11 is 0. The van der Waals surface area contributed by atoms with Crippen LogP contribution in [0.5, 0.6) is 0 Å². The highest BCUT2D eigenvalue weighted by atomic mass is 16.2. The van der Waals surface area contributed by atoms with Crippen LogP contribution in [0.25, 0.3) is 0 Å². The summed E-state index contributed by atoms with van der Waals surface area (Å²) in [6.45, 7) is 0.0895. The highest BCUT2D eigenvalue weighted by Gasteiger charge is 2.11. The number of anilines is 1. The standard InChI is InChI=1S/C13H19N3O2/c1-15-12(17)9-16(2)13(18)7-6-10-4-3-5-11(14)8-10/h3-5,8H,6-7,9,14H2,1-2H3,(H,15,17). The van der Waals surface area contributed by atoms with Crippen molar-refractivity contribution in [3.05, 3.63) is 29.8 Å². The van der Waals surface area contributed by atoms with Crippen LogP contribution in [0.1, 0.15) is 12.0 Å². The fourth-order valence-electron chi connectivity index (χ4n) is 1.57. The number of nitrogens with zero attached hydrogens (tertiary/aromatic N) is 1. The maximum absolute atomic E-state index is 11.8. The largest absolute Gasteiger partial charge is 0.399 e. The van der Waals surface area contributed by atoms with Crippen molar-refractivity contribution >= 4 is 17.5 Å². The molecule has 2 amide bonds. The molecule has 0 fully saturated rings. The molecule has 0 atom stereocenters. The molecule has 0 aliphatic carbocycles. The molecule has 1 aromatic rings. The van der Waals surface area contributed by atoms with Crippen molar-refractivity contribution in [1.29, 1.82) is 0 Å². The van der Waals surface area contributed by atoms with Gasteiger partial charge in [-0.3, -0.25) is 9.59 Å². The Morgan fingerprint density at radius 1 is 1.39 bits per heavy atom. The molecule has 18 heavy (non-hydrogen) atoms. The molecule has 98 valence electrons. The van der Waals surface area contributed by atoms with Gasteiger partial charge in [0.2, 0.25) is 11.8 Å². The predicted molar refractivity (Wildman–Crippen MR) is 70.9 cm³/mol. The van der Waals surface area contributed by atoms with E-state index in [-0.39, 0.29) is 18.4 Å². The molecule has 0 saturated carbocycles. The molecule has 0 radical (unpaired) electrons. The van der Waals surface area contributed by atoms with E-state index in [4.69, 9.17) is 5.73 Å². The van der Waals surface area contributed by atoms with Crippen LogP contribution in [0.3, 0.4) is 0 Å². The van der Waals surface area contributed by atoms with Gasteiger partial charge in [0.05, 0.1) is 6.54 Å². The van der Waals surface area contributed by atoms with Gasteiger partial charge in [-0.15, -0.1) is 0 Å². The van der Waals surface area contributed by atoms with Crippen molar-refractivity contribution in [1.82, 2.24) is 10.2 Å². The molecule has 0 aliphatic rings. The first kappa shape index (κ1) is 14.0. The molecule has 0 spiro atoms. The quantitative estimate of drug-likeness (QED) is 0.742. The Kier molecular flexibility index (Phi) is 5.17.